The Morgan fingerprint density at radius 1 is 1.29 bits per heavy atom. The lowest BCUT2D eigenvalue weighted by molar-refractivity contribution is -0.138. The predicted molar refractivity (Wildman–Crippen MR) is 72.8 cm³/mol. The molecular weight excluding hydrogens is 333 g/mol. The number of amides is 1. The summed E-state index contributed by atoms with van der Waals surface area (Å²) in [5.74, 6) is -0.952. The van der Waals surface area contributed by atoms with Gasteiger partial charge in [-0.05, 0) is 40.3 Å². The molecule has 0 saturated heterocycles. The summed E-state index contributed by atoms with van der Waals surface area (Å²) in [6.45, 7) is 0.249. The van der Waals surface area contributed by atoms with Crippen molar-refractivity contribution in [1.29, 1.82) is 0 Å². The fraction of sp³-hybridized carbons (Fsp3) is 0.333. The van der Waals surface area contributed by atoms with Gasteiger partial charge in [0.1, 0.15) is 0 Å². The Bertz CT molecular complexity index is 403. The molecule has 0 heterocycles. The van der Waals surface area contributed by atoms with Crippen LogP contribution in [-0.2, 0) is 16.0 Å². The molecule has 0 unspecified atom stereocenters. The van der Waals surface area contributed by atoms with E-state index in [9.17, 15) is 9.59 Å². The first-order valence-electron chi connectivity index (χ1n) is 5.19. The van der Waals surface area contributed by atoms with Gasteiger partial charge in [0.2, 0.25) is 5.91 Å². The maximum Gasteiger partial charge on any atom is 0.305 e. The maximum absolute atomic E-state index is 11.7. The van der Waals surface area contributed by atoms with E-state index in [1.54, 1.807) is 7.05 Å². The smallest absolute Gasteiger partial charge is 0.305 e. The van der Waals surface area contributed by atoms with Gasteiger partial charge in [-0.2, -0.15) is 0 Å². The number of carbonyl (C=O) groups is 2. The molecule has 5 heteroatoms. The number of nitrogens with zero attached hydrogens (tertiary/aromatic N) is 1. The number of carbonyl (C=O) groups excluding carboxylic acids is 1. The Morgan fingerprint density at radius 3 is 2.41 bits per heavy atom. The molecule has 0 aliphatic heterocycles. The molecule has 0 saturated carbocycles. The Balaban J connectivity index is 2.48. The van der Waals surface area contributed by atoms with E-state index in [1.165, 1.54) is 4.90 Å². The molecule has 0 aliphatic rings. The first-order valence-corrected chi connectivity index (χ1v) is 6.27. The van der Waals surface area contributed by atoms with E-state index in [0.29, 0.717) is 6.42 Å². The topological polar surface area (TPSA) is 57.6 Å². The molecule has 1 aromatic rings. The Morgan fingerprint density at radius 2 is 1.88 bits per heavy atom. The van der Waals surface area contributed by atoms with Crippen molar-refractivity contribution in [3.05, 3.63) is 33.4 Å². The average Bonchev–Trinajstić information content (AvgIpc) is 2.28. The standard InChI is InChI=1S/C12H14INO3/c1-14(7-6-12(16)17)11(15)8-9-2-4-10(13)5-3-9/h2-5H,6-8H2,1H3,(H,16,17). The van der Waals surface area contributed by atoms with Crippen molar-refractivity contribution in [2.75, 3.05) is 13.6 Å². The molecule has 0 atom stereocenters. The van der Waals surface area contributed by atoms with E-state index < -0.39 is 5.97 Å². The summed E-state index contributed by atoms with van der Waals surface area (Å²) < 4.78 is 1.12. The van der Waals surface area contributed by atoms with Gasteiger partial charge in [-0.25, -0.2) is 0 Å². The molecule has 0 radical (unpaired) electrons. The highest BCUT2D eigenvalue weighted by Gasteiger charge is 2.10. The van der Waals surface area contributed by atoms with Gasteiger partial charge in [-0.3, -0.25) is 9.59 Å². The molecule has 17 heavy (non-hydrogen) atoms. The minimum atomic E-state index is -0.890. The lowest BCUT2D eigenvalue weighted by Crippen LogP contribution is -2.30. The Hall–Kier alpha value is -1.11. The van der Waals surface area contributed by atoms with Crippen LogP contribution in [0.1, 0.15) is 12.0 Å². The third-order valence-corrected chi connectivity index (χ3v) is 3.07. The molecule has 92 valence electrons. The summed E-state index contributed by atoms with van der Waals surface area (Å²) >= 11 is 2.20. The van der Waals surface area contributed by atoms with Crippen LogP contribution >= 0.6 is 22.6 Å². The van der Waals surface area contributed by atoms with Gasteiger partial charge in [0.25, 0.3) is 0 Å². The fourth-order valence-corrected chi connectivity index (χ4v) is 1.66. The lowest BCUT2D eigenvalue weighted by atomic mass is 10.1. The lowest BCUT2D eigenvalue weighted by Gasteiger charge is -2.15. The van der Waals surface area contributed by atoms with Gasteiger partial charge in [0.05, 0.1) is 12.8 Å². The molecule has 0 aliphatic carbocycles. The van der Waals surface area contributed by atoms with Crippen LogP contribution in [0.3, 0.4) is 0 Å². The molecule has 1 aromatic carbocycles. The average molecular weight is 347 g/mol. The number of halogens is 1. The summed E-state index contributed by atoms with van der Waals surface area (Å²) in [7, 11) is 1.62. The number of carboxylic acid groups (broad SMARTS) is 1. The second kappa shape index (κ2) is 6.58. The molecule has 1 rings (SSSR count). The van der Waals surface area contributed by atoms with Crippen molar-refractivity contribution < 1.29 is 14.7 Å². The van der Waals surface area contributed by atoms with Gasteiger partial charge in [-0.1, -0.05) is 12.1 Å². The highest BCUT2D eigenvalue weighted by molar-refractivity contribution is 14.1. The summed E-state index contributed by atoms with van der Waals surface area (Å²) in [5, 5.41) is 8.53. The molecular formula is C12H14INO3. The zero-order valence-electron chi connectivity index (χ0n) is 9.52. The first kappa shape index (κ1) is 14.0. The Labute approximate surface area is 114 Å². The van der Waals surface area contributed by atoms with Crippen molar-refractivity contribution >= 4 is 34.5 Å². The summed E-state index contributed by atoms with van der Waals surface area (Å²) in [4.78, 5) is 23.6. The Kier molecular flexibility index (Phi) is 5.40. The van der Waals surface area contributed by atoms with E-state index in [1.807, 2.05) is 24.3 Å². The van der Waals surface area contributed by atoms with E-state index >= 15 is 0 Å². The van der Waals surface area contributed by atoms with E-state index in [2.05, 4.69) is 22.6 Å². The van der Waals surface area contributed by atoms with Crippen LogP contribution in [0.5, 0.6) is 0 Å². The van der Waals surface area contributed by atoms with Crippen LogP contribution in [0.15, 0.2) is 24.3 Å². The number of aliphatic carboxylic acids is 1. The highest BCUT2D eigenvalue weighted by Crippen LogP contribution is 2.08. The molecule has 4 nitrogen and oxygen atoms in total. The zero-order chi connectivity index (χ0) is 12.8. The predicted octanol–water partition coefficient (Wildman–Crippen LogP) is 1.77. The van der Waals surface area contributed by atoms with Gasteiger partial charge < -0.3 is 10.0 Å². The van der Waals surface area contributed by atoms with Gasteiger partial charge in [0, 0.05) is 17.2 Å². The van der Waals surface area contributed by atoms with Crippen molar-refractivity contribution in [3.8, 4) is 0 Å². The number of hydrogen-bond acceptors (Lipinski definition) is 2. The molecule has 0 bridgehead atoms. The van der Waals surface area contributed by atoms with Crippen molar-refractivity contribution in [3.63, 3.8) is 0 Å². The monoisotopic (exact) mass is 347 g/mol. The van der Waals surface area contributed by atoms with Crippen molar-refractivity contribution in [2.24, 2.45) is 0 Å². The van der Waals surface area contributed by atoms with Crippen molar-refractivity contribution in [1.82, 2.24) is 4.90 Å². The van der Waals surface area contributed by atoms with Crippen molar-refractivity contribution in [2.45, 2.75) is 12.8 Å². The first-order chi connectivity index (χ1) is 7.99. The quantitative estimate of drug-likeness (QED) is 0.826. The highest BCUT2D eigenvalue weighted by atomic mass is 127. The SMILES string of the molecule is CN(CCC(=O)O)C(=O)Cc1ccc(I)cc1. The second-order valence-corrected chi connectivity index (χ2v) is 5.01. The minimum absolute atomic E-state index is 0.0189. The molecule has 1 N–H and O–H groups in total. The summed E-state index contributed by atoms with van der Waals surface area (Å²) in [6.07, 6.45) is 0.294. The minimum Gasteiger partial charge on any atom is -0.481 e. The summed E-state index contributed by atoms with van der Waals surface area (Å²) in [5.41, 5.74) is 0.942. The fourth-order valence-electron chi connectivity index (χ4n) is 1.30. The van der Waals surface area contributed by atoms with E-state index in [-0.39, 0.29) is 18.9 Å². The molecule has 0 spiro atoms. The largest absolute Gasteiger partial charge is 0.481 e. The van der Waals surface area contributed by atoms with Gasteiger partial charge in [-0.15, -0.1) is 0 Å². The number of likely N-dealkylation sites (N-methyl/N-ethyl adjacent to an activating group) is 1. The molecule has 1 amide bonds. The van der Waals surface area contributed by atoms with Crippen LogP contribution in [0, 0.1) is 3.57 Å². The third kappa shape index (κ3) is 5.16. The number of rotatable bonds is 5. The number of benzene rings is 1. The van der Waals surface area contributed by atoms with Crippen LogP contribution in [0.2, 0.25) is 0 Å². The van der Waals surface area contributed by atoms with Crippen LogP contribution in [0.4, 0.5) is 0 Å². The maximum atomic E-state index is 11.7. The van der Waals surface area contributed by atoms with Crippen LogP contribution in [0.25, 0.3) is 0 Å². The second-order valence-electron chi connectivity index (χ2n) is 3.76. The van der Waals surface area contributed by atoms with Crippen LogP contribution < -0.4 is 0 Å². The van der Waals surface area contributed by atoms with E-state index in [4.69, 9.17) is 5.11 Å². The molecule has 0 fully saturated rings. The van der Waals surface area contributed by atoms with Crippen LogP contribution in [-0.4, -0.2) is 35.5 Å². The molecule has 0 aromatic heterocycles. The van der Waals surface area contributed by atoms with E-state index in [0.717, 1.165) is 9.13 Å². The normalized spacial score (nSPS) is 10.0. The van der Waals surface area contributed by atoms with Gasteiger partial charge in [0.15, 0.2) is 0 Å². The third-order valence-electron chi connectivity index (χ3n) is 2.36. The van der Waals surface area contributed by atoms with Gasteiger partial charge >= 0.3 is 5.97 Å². The summed E-state index contributed by atoms with van der Waals surface area (Å²) in [6, 6.07) is 7.70. The number of hydrogen-bond donors (Lipinski definition) is 1. The number of carboxylic acids is 1. The zero-order valence-corrected chi connectivity index (χ0v) is 11.7.